The molecule has 31 heavy (non-hydrogen) atoms. The zero-order chi connectivity index (χ0) is 22.6. The molecule has 166 valence electrons. The fourth-order valence-corrected chi connectivity index (χ4v) is 5.53. The summed E-state index contributed by atoms with van der Waals surface area (Å²) in [5.74, 6) is 0.774. The Morgan fingerprint density at radius 2 is 1.94 bits per heavy atom. The molecule has 0 radical (unpaired) electrons. The normalized spacial score (nSPS) is 28.1. The summed E-state index contributed by atoms with van der Waals surface area (Å²) in [7, 11) is 1.72. The number of hydrogen-bond donors (Lipinski definition) is 2. The lowest BCUT2D eigenvalue weighted by atomic mass is 9.58. The lowest BCUT2D eigenvalue weighted by Crippen LogP contribution is -2.52. The van der Waals surface area contributed by atoms with E-state index >= 15 is 0 Å². The van der Waals surface area contributed by atoms with Gasteiger partial charge >= 0.3 is 6.18 Å². The lowest BCUT2D eigenvalue weighted by Gasteiger charge is -2.48. The fourth-order valence-electron chi connectivity index (χ4n) is 5.53. The summed E-state index contributed by atoms with van der Waals surface area (Å²) in [4.78, 5) is 3.56. The number of anilines is 1. The van der Waals surface area contributed by atoms with Gasteiger partial charge in [0.1, 0.15) is 5.84 Å². The van der Waals surface area contributed by atoms with Gasteiger partial charge in [0, 0.05) is 25.8 Å². The van der Waals surface area contributed by atoms with E-state index < -0.39 is 17.2 Å². The highest BCUT2D eigenvalue weighted by molar-refractivity contribution is 5.98. The van der Waals surface area contributed by atoms with Crippen molar-refractivity contribution in [3.8, 4) is 0 Å². The summed E-state index contributed by atoms with van der Waals surface area (Å²) in [5, 5.41) is 16.2. The third-order valence-corrected chi connectivity index (χ3v) is 6.96. The van der Waals surface area contributed by atoms with Crippen LogP contribution in [0.2, 0.25) is 0 Å². The maximum Gasteiger partial charge on any atom is 0.416 e. The van der Waals surface area contributed by atoms with E-state index in [-0.39, 0.29) is 12.5 Å². The molecule has 1 aromatic carbocycles. The van der Waals surface area contributed by atoms with Gasteiger partial charge in [-0.2, -0.15) is 13.2 Å². The topological polar surface area (TPSA) is 54.2 Å². The van der Waals surface area contributed by atoms with Crippen molar-refractivity contribution in [2.75, 3.05) is 25.0 Å². The first kappa shape index (κ1) is 21.7. The summed E-state index contributed by atoms with van der Waals surface area (Å²) < 4.78 is 40.9. The van der Waals surface area contributed by atoms with Crippen molar-refractivity contribution in [3.63, 3.8) is 0 Å². The molecule has 0 aromatic heterocycles. The molecule has 2 aliphatic carbocycles. The Hall–Kier alpha value is -2.57. The Kier molecular flexibility index (Phi) is 5.26. The summed E-state index contributed by atoms with van der Waals surface area (Å²) in [6, 6.07) is 7.93. The van der Waals surface area contributed by atoms with Crippen LogP contribution < -0.4 is 4.90 Å². The van der Waals surface area contributed by atoms with Gasteiger partial charge in [-0.25, -0.2) is 0 Å². The second kappa shape index (κ2) is 7.53. The molecule has 4 rings (SSSR count). The van der Waals surface area contributed by atoms with Gasteiger partial charge in [-0.15, -0.1) is 0 Å². The molecule has 7 heteroatoms. The number of likely N-dealkylation sites (N-methyl/N-ethyl adjacent to an activating group) is 1. The minimum Gasteiger partial charge on any atom is -0.363 e. The number of benzene rings is 1. The van der Waals surface area contributed by atoms with Crippen molar-refractivity contribution >= 4 is 17.9 Å². The minimum absolute atomic E-state index is 0.112. The average molecular weight is 431 g/mol. The summed E-state index contributed by atoms with van der Waals surface area (Å²) in [6.07, 6.45) is 0.536. The molecule has 1 fully saturated rings. The van der Waals surface area contributed by atoms with Gasteiger partial charge in [0.15, 0.2) is 0 Å². The predicted octanol–water partition coefficient (Wildman–Crippen LogP) is 5.52. The van der Waals surface area contributed by atoms with Crippen molar-refractivity contribution in [2.24, 2.45) is 11.8 Å². The highest BCUT2D eigenvalue weighted by atomic mass is 19.4. The van der Waals surface area contributed by atoms with Gasteiger partial charge in [-0.05, 0) is 59.9 Å². The van der Waals surface area contributed by atoms with Crippen molar-refractivity contribution in [1.82, 2.24) is 4.90 Å². The summed E-state index contributed by atoms with van der Waals surface area (Å²) >= 11 is 0. The Bertz CT molecular complexity index is 969. The van der Waals surface area contributed by atoms with Crippen LogP contribution in [0, 0.1) is 22.7 Å². The number of alkyl halides is 3. The number of amidine groups is 1. The number of hydrogen-bond acceptors (Lipinski definition) is 3. The molecular weight excluding hydrogens is 401 g/mol. The van der Waals surface area contributed by atoms with Gasteiger partial charge in [0.2, 0.25) is 0 Å². The van der Waals surface area contributed by atoms with Crippen LogP contribution in [0.15, 0.2) is 47.1 Å². The molecule has 1 heterocycles. The van der Waals surface area contributed by atoms with E-state index in [0.717, 1.165) is 36.0 Å². The molecule has 0 spiro atoms. The third kappa shape index (κ3) is 3.68. The van der Waals surface area contributed by atoms with Crippen LogP contribution in [0.5, 0.6) is 0 Å². The second-order valence-electron chi connectivity index (χ2n) is 9.43. The largest absolute Gasteiger partial charge is 0.416 e. The number of nitrogens with zero attached hydrogens (tertiary/aromatic N) is 2. The second-order valence-corrected chi connectivity index (χ2v) is 9.43. The molecular formula is C24H29F3N4. The monoisotopic (exact) mass is 430 g/mol. The lowest BCUT2D eigenvalue weighted by molar-refractivity contribution is -0.0901. The van der Waals surface area contributed by atoms with Crippen molar-refractivity contribution in [2.45, 2.75) is 44.7 Å². The molecule has 3 aliphatic rings. The highest BCUT2D eigenvalue weighted by Crippen LogP contribution is 2.50. The predicted molar refractivity (Wildman–Crippen MR) is 118 cm³/mol. The smallest absolute Gasteiger partial charge is 0.363 e. The molecule has 0 saturated heterocycles. The average Bonchev–Trinajstić information content (AvgIpc) is 3.12. The summed E-state index contributed by atoms with van der Waals surface area (Å²) in [5.41, 5.74) is 2.30. The van der Waals surface area contributed by atoms with Gasteiger partial charge in [-0.1, -0.05) is 32.1 Å². The Morgan fingerprint density at radius 1 is 1.23 bits per heavy atom. The third-order valence-electron chi connectivity index (χ3n) is 6.96. The first-order valence-corrected chi connectivity index (χ1v) is 10.7. The first-order chi connectivity index (χ1) is 14.5. The van der Waals surface area contributed by atoms with Crippen molar-refractivity contribution in [3.05, 3.63) is 52.6 Å². The minimum atomic E-state index is -4.33. The molecule has 1 saturated carbocycles. The molecule has 1 atom stereocenters. The van der Waals surface area contributed by atoms with Crippen LogP contribution in [0.1, 0.15) is 38.7 Å². The SMILES string of the molecule is CC1C=C(C(F)(F)F)C2=C(C1)CN(c1cccc(C3(C(=N)N(C)C=N)CC(C)C3)c1)C2. The van der Waals surface area contributed by atoms with Crippen LogP contribution in [-0.4, -0.2) is 43.4 Å². The first-order valence-electron chi connectivity index (χ1n) is 10.7. The van der Waals surface area contributed by atoms with Gasteiger partial charge in [0.05, 0.1) is 17.3 Å². The van der Waals surface area contributed by atoms with Gasteiger partial charge in [-0.3, -0.25) is 10.8 Å². The van der Waals surface area contributed by atoms with E-state index in [2.05, 4.69) is 6.92 Å². The van der Waals surface area contributed by atoms with Crippen LogP contribution in [0.25, 0.3) is 0 Å². The van der Waals surface area contributed by atoms with E-state index in [1.807, 2.05) is 36.1 Å². The van der Waals surface area contributed by atoms with Gasteiger partial charge in [0.25, 0.3) is 0 Å². The molecule has 0 bridgehead atoms. The van der Waals surface area contributed by atoms with E-state index in [1.165, 1.54) is 11.0 Å². The maximum atomic E-state index is 13.6. The van der Waals surface area contributed by atoms with E-state index in [4.69, 9.17) is 10.8 Å². The summed E-state index contributed by atoms with van der Waals surface area (Å²) in [6.45, 7) is 4.77. The zero-order valence-corrected chi connectivity index (χ0v) is 18.2. The van der Waals surface area contributed by atoms with Crippen LogP contribution in [0.4, 0.5) is 18.9 Å². The number of halogens is 3. The Labute approximate surface area is 181 Å². The van der Waals surface area contributed by atoms with E-state index in [0.29, 0.717) is 30.3 Å². The fraction of sp³-hybridized carbons (Fsp3) is 0.500. The quantitative estimate of drug-likeness (QED) is 0.488. The molecule has 1 aliphatic heterocycles. The molecule has 1 unspecified atom stereocenters. The number of allylic oxidation sites excluding steroid dienone is 1. The Morgan fingerprint density at radius 3 is 2.55 bits per heavy atom. The number of rotatable bonds is 4. The van der Waals surface area contributed by atoms with E-state index in [9.17, 15) is 13.2 Å². The van der Waals surface area contributed by atoms with Crippen molar-refractivity contribution < 1.29 is 13.2 Å². The Balaban J connectivity index is 1.63. The standard InChI is InChI=1S/C24H29F3N4/c1-15-7-17-12-31(13-20(17)21(8-15)24(25,26)27)19-6-4-5-18(9-19)23(10-16(2)11-23)22(29)30(3)14-28/h4-6,8-9,14-16,28-29H,7,10-13H2,1-3H3. The van der Waals surface area contributed by atoms with E-state index in [1.54, 1.807) is 7.05 Å². The van der Waals surface area contributed by atoms with Crippen molar-refractivity contribution in [1.29, 1.82) is 10.8 Å². The number of nitrogens with one attached hydrogen (secondary N) is 2. The van der Waals surface area contributed by atoms with Crippen LogP contribution >= 0.6 is 0 Å². The molecule has 4 nitrogen and oxygen atoms in total. The maximum absolute atomic E-state index is 13.6. The molecule has 2 N–H and O–H groups in total. The zero-order valence-electron chi connectivity index (χ0n) is 18.2. The van der Waals surface area contributed by atoms with Crippen LogP contribution in [0.3, 0.4) is 0 Å². The van der Waals surface area contributed by atoms with Gasteiger partial charge < -0.3 is 9.80 Å². The highest BCUT2D eigenvalue weighted by Gasteiger charge is 2.48. The molecule has 0 amide bonds. The van der Waals surface area contributed by atoms with Crippen LogP contribution in [-0.2, 0) is 5.41 Å². The molecule has 1 aromatic rings.